The van der Waals surface area contributed by atoms with Crippen molar-refractivity contribution in [2.75, 3.05) is 0 Å². The lowest BCUT2D eigenvalue weighted by molar-refractivity contribution is 0.624. The molecule has 0 saturated carbocycles. The average Bonchev–Trinajstić information content (AvgIpc) is 2.51. The van der Waals surface area contributed by atoms with Crippen LogP contribution in [0.5, 0.6) is 0 Å². The van der Waals surface area contributed by atoms with Crippen molar-refractivity contribution < 1.29 is 4.39 Å². The van der Waals surface area contributed by atoms with Gasteiger partial charge < -0.3 is 0 Å². The summed E-state index contributed by atoms with van der Waals surface area (Å²) in [6.07, 6.45) is 3.12. The molecule has 14 heavy (non-hydrogen) atoms. The third-order valence-electron chi connectivity index (χ3n) is 1.76. The fourth-order valence-corrected chi connectivity index (χ4v) is 1.29. The second-order valence-electron chi connectivity index (χ2n) is 2.86. The van der Waals surface area contributed by atoms with Crippen molar-refractivity contribution in [2.45, 2.75) is 0 Å². The Morgan fingerprint density at radius 1 is 1.50 bits per heavy atom. The van der Waals surface area contributed by atoms with Gasteiger partial charge in [0.1, 0.15) is 11.4 Å². The highest BCUT2D eigenvalue weighted by molar-refractivity contribution is 6.30. The molecule has 0 aromatic carbocycles. The number of aryl methyl sites for hydroxylation is 1. The largest absolute Gasteiger partial charge is 0.275 e. The van der Waals surface area contributed by atoms with Crippen molar-refractivity contribution in [3.63, 3.8) is 0 Å². The van der Waals surface area contributed by atoms with E-state index in [1.54, 1.807) is 24.0 Å². The van der Waals surface area contributed by atoms with E-state index in [2.05, 4.69) is 10.1 Å². The summed E-state index contributed by atoms with van der Waals surface area (Å²) in [5.41, 5.74) is 0.719. The van der Waals surface area contributed by atoms with E-state index in [1.807, 2.05) is 0 Å². The number of pyridine rings is 1. The third-order valence-corrected chi connectivity index (χ3v) is 1.97. The topological polar surface area (TPSA) is 30.7 Å². The molecule has 2 heterocycles. The number of nitrogens with zero attached hydrogens (tertiary/aromatic N) is 3. The second kappa shape index (κ2) is 3.38. The summed E-state index contributed by atoms with van der Waals surface area (Å²) in [7, 11) is 1.76. The summed E-state index contributed by atoms with van der Waals surface area (Å²) in [6.45, 7) is 0. The van der Waals surface area contributed by atoms with Crippen LogP contribution < -0.4 is 0 Å². The molecule has 5 heteroatoms. The van der Waals surface area contributed by atoms with Crippen molar-refractivity contribution in [3.8, 4) is 11.4 Å². The summed E-state index contributed by atoms with van der Waals surface area (Å²) in [4.78, 5) is 3.88. The van der Waals surface area contributed by atoms with Crippen molar-refractivity contribution in [2.24, 2.45) is 7.05 Å². The summed E-state index contributed by atoms with van der Waals surface area (Å²) in [6, 6.07) is 2.91. The summed E-state index contributed by atoms with van der Waals surface area (Å²) in [5.74, 6) is -0.462. The lowest BCUT2D eigenvalue weighted by atomic mass is 10.2. The van der Waals surface area contributed by atoms with E-state index < -0.39 is 5.82 Å². The zero-order chi connectivity index (χ0) is 10.1. The van der Waals surface area contributed by atoms with Crippen LogP contribution >= 0.6 is 11.6 Å². The Kier molecular flexibility index (Phi) is 2.21. The van der Waals surface area contributed by atoms with Crippen molar-refractivity contribution >= 4 is 11.6 Å². The molecule has 0 bridgehead atoms. The number of rotatable bonds is 1. The second-order valence-corrected chi connectivity index (χ2v) is 3.30. The van der Waals surface area contributed by atoms with E-state index in [4.69, 9.17) is 11.6 Å². The van der Waals surface area contributed by atoms with Crippen molar-refractivity contribution in [1.29, 1.82) is 0 Å². The molecule has 0 aliphatic carbocycles. The summed E-state index contributed by atoms with van der Waals surface area (Å²) < 4.78 is 14.9. The van der Waals surface area contributed by atoms with Crippen LogP contribution in [-0.4, -0.2) is 14.8 Å². The van der Waals surface area contributed by atoms with Gasteiger partial charge in [0.2, 0.25) is 0 Å². The van der Waals surface area contributed by atoms with Gasteiger partial charge in [-0.05, 0) is 12.1 Å². The minimum atomic E-state index is -0.462. The molecule has 0 atom stereocenters. The zero-order valence-electron chi connectivity index (χ0n) is 7.41. The van der Waals surface area contributed by atoms with Gasteiger partial charge in [-0.25, -0.2) is 9.37 Å². The predicted molar refractivity (Wildman–Crippen MR) is 51.4 cm³/mol. The molecule has 0 amide bonds. The number of halogens is 2. The molecule has 3 nitrogen and oxygen atoms in total. The van der Waals surface area contributed by atoms with E-state index in [-0.39, 0.29) is 10.7 Å². The number of hydrogen-bond donors (Lipinski definition) is 0. The van der Waals surface area contributed by atoms with Gasteiger partial charge in [-0.3, -0.25) is 4.68 Å². The number of aromatic nitrogens is 3. The van der Waals surface area contributed by atoms with Crippen LogP contribution in [0.3, 0.4) is 0 Å². The minimum Gasteiger partial charge on any atom is -0.275 e. The Hall–Kier alpha value is -1.42. The molecule has 2 aromatic rings. The molecule has 2 aromatic heterocycles. The average molecular weight is 212 g/mol. The van der Waals surface area contributed by atoms with Crippen LogP contribution in [0.4, 0.5) is 4.39 Å². The first-order valence-corrected chi connectivity index (χ1v) is 4.35. The highest BCUT2D eigenvalue weighted by atomic mass is 35.5. The molecule has 0 saturated heterocycles. The summed E-state index contributed by atoms with van der Waals surface area (Å²) >= 11 is 5.58. The van der Waals surface area contributed by atoms with Crippen LogP contribution in [0.25, 0.3) is 11.4 Å². The van der Waals surface area contributed by atoms with E-state index in [1.165, 1.54) is 12.3 Å². The van der Waals surface area contributed by atoms with Crippen LogP contribution in [0.15, 0.2) is 24.5 Å². The van der Waals surface area contributed by atoms with Gasteiger partial charge in [0.05, 0.1) is 5.02 Å². The molecule has 0 N–H and O–H groups in total. The molecular formula is C9H7ClFN3. The first-order valence-electron chi connectivity index (χ1n) is 3.98. The molecule has 0 aliphatic heterocycles. The van der Waals surface area contributed by atoms with Crippen LogP contribution in [0.1, 0.15) is 0 Å². The van der Waals surface area contributed by atoms with Gasteiger partial charge in [0.15, 0.2) is 5.82 Å². The smallest absolute Gasteiger partial charge is 0.152 e. The molecule has 72 valence electrons. The van der Waals surface area contributed by atoms with E-state index in [0.29, 0.717) is 5.69 Å². The predicted octanol–water partition coefficient (Wildman–Crippen LogP) is 2.27. The van der Waals surface area contributed by atoms with Gasteiger partial charge in [0, 0.05) is 19.4 Å². The van der Waals surface area contributed by atoms with E-state index >= 15 is 0 Å². The number of hydrogen-bond acceptors (Lipinski definition) is 2. The molecule has 2 rings (SSSR count). The SMILES string of the molecule is Cn1ccc(-c2ncc(Cl)cc2F)n1. The third kappa shape index (κ3) is 1.61. The van der Waals surface area contributed by atoms with E-state index in [0.717, 1.165) is 0 Å². The highest BCUT2D eigenvalue weighted by Gasteiger charge is 2.09. The van der Waals surface area contributed by atoms with E-state index in [9.17, 15) is 4.39 Å². The van der Waals surface area contributed by atoms with Gasteiger partial charge in [-0.15, -0.1) is 0 Å². The monoisotopic (exact) mass is 211 g/mol. The van der Waals surface area contributed by atoms with Gasteiger partial charge in [0.25, 0.3) is 0 Å². The van der Waals surface area contributed by atoms with Crippen LogP contribution in [-0.2, 0) is 7.05 Å². The fourth-order valence-electron chi connectivity index (χ4n) is 1.14. The normalized spacial score (nSPS) is 10.5. The quantitative estimate of drug-likeness (QED) is 0.725. The summed E-state index contributed by atoms with van der Waals surface area (Å²) in [5, 5.41) is 4.32. The lowest BCUT2D eigenvalue weighted by Crippen LogP contribution is -1.92. The fraction of sp³-hybridized carbons (Fsp3) is 0.111. The Labute approximate surface area is 85.1 Å². The van der Waals surface area contributed by atoms with Gasteiger partial charge in [-0.1, -0.05) is 11.6 Å². The minimum absolute atomic E-state index is 0.218. The Balaban J connectivity index is 2.52. The van der Waals surface area contributed by atoms with Gasteiger partial charge >= 0.3 is 0 Å². The van der Waals surface area contributed by atoms with Gasteiger partial charge in [-0.2, -0.15) is 5.10 Å². The maximum atomic E-state index is 13.3. The first-order chi connectivity index (χ1) is 6.66. The Morgan fingerprint density at radius 2 is 2.29 bits per heavy atom. The Morgan fingerprint density at radius 3 is 2.86 bits per heavy atom. The molecular weight excluding hydrogens is 205 g/mol. The Bertz CT molecular complexity index is 467. The maximum absolute atomic E-state index is 13.3. The molecule has 0 radical (unpaired) electrons. The standard InChI is InChI=1S/C9H7ClFN3/c1-14-3-2-8(13-14)9-7(11)4-6(10)5-12-9/h2-5H,1H3. The highest BCUT2D eigenvalue weighted by Crippen LogP contribution is 2.20. The van der Waals surface area contributed by atoms with Crippen LogP contribution in [0.2, 0.25) is 5.02 Å². The van der Waals surface area contributed by atoms with Crippen molar-refractivity contribution in [1.82, 2.24) is 14.8 Å². The molecule has 0 spiro atoms. The lowest BCUT2D eigenvalue weighted by Gasteiger charge is -1.97. The van der Waals surface area contributed by atoms with Crippen LogP contribution in [0, 0.1) is 5.82 Å². The molecule has 0 fully saturated rings. The van der Waals surface area contributed by atoms with Crippen molar-refractivity contribution in [3.05, 3.63) is 35.4 Å². The zero-order valence-corrected chi connectivity index (χ0v) is 8.16. The molecule has 0 unspecified atom stereocenters. The molecule has 0 aliphatic rings. The first kappa shape index (κ1) is 9.15. The maximum Gasteiger partial charge on any atom is 0.152 e.